The van der Waals surface area contributed by atoms with Gasteiger partial charge in [-0.2, -0.15) is 16.9 Å². The van der Waals surface area contributed by atoms with Gasteiger partial charge < -0.3 is 10.2 Å². The number of aromatic nitrogens is 2. The van der Waals surface area contributed by atoms with E-state index in [1.54, 1.807) is 0 Å². The van der Waals surface area contributed by atoms with E-state index in [-0.39, 0.29) is 18.1 Å². The lowest BCUT2D eigenvalue weighted by atomic mass is 10.0. The Morgan fingerprint density at radius 1 is 1.45 bits per heavy atom. The second-order valence-electron chi connectivity index (χ2n) is 6.13. The normalized spacial score (nSPS) is 23.5. The van der Waals surface area contributed by atoms with Crippen molar-refractivity contribution < 1.29 is 4.79 Å². The number of urea groups is 1. The lowest BCUT2D eigenvalue weighted by molar-refractivity contribution is 0.176. The minimum absolute atomic E-state index is 0.0262. The smallest absolute Gasteiger partial charge is 0.318 e. The van der Waals surface area contributed by atoms with E-state index in [0.717, 1.165) is 35.7 Å². The van der Waals surface area contributed by atoms with Gasteiger partial charge in [0, 0.05) is 41.9 Å². The molecule has 0 spiro atoms. The topological polar surface area (TPSA) is 50.2 Å². The van der Waals surface area contributed by atoms with E-state index in [0.29, 0.717) is 5.25 Å². The van der Waals surface area contributed by atoms with Crippen LogP contribution in [0.15, 0.2) is 0 Å². The van der Waals surface area contributed by atoms with Crippen molar-refractivity contribution in [1.29, 1.82) is 0 Å². The van der Waals surface area contributed by atoms with Crippen molar-refractivity contribution in [3.63, 3.8) is 0 Å². The van der Waals surface area contributed by atoms with Crippen molar-refractivity contribution >= 4 is 17.8 Å². The van der Waals surface area contributed by atoms with Gasteiger partial charge in [0.2, 0.25) is 0 Å². The molecule has 2 heterocycles. The Labute approximate surface area is 137 Å². The summed E-state index contributed by atoms with van der Waals surface area (Å²) in [5, 5.41) is 8.19. The molecule has 2 rings (SSSR count). The number of amides is 2. The zero-order valence-electron chi connectivity index (χ0n) is 14.5. The average Bonchev–Trinajstić information content (AvgIpc) is 2.72. The average molecular weight is 324 g/mol. The Morgan fingerprint density at radius 3 is 2.68 bits per heavy atom. The molecule has 1 aromatic rings. The van der Waals surface area contributed by atoms with Gasteiger partial charge in [0.15, 0.2) is 0 Å². The molecule has 1 aliphatic rings. The molecule has 3 atom stereocenters. The standard InChI is InChI=1S/C16H28N4OS/c1-7-14(15-10(2)18-19(6)12(15)4)17-16(21)20-8-9-22-13(5)11(20)3/h11,13-14H,7-9H2,1-6H3,(H,17,21)/t11-,13-,14-/m0/s1. The van der Waals surface area contributed by atoms with E-state index >= 15 is 0 Å². The van der Waals surface area contributed by atoms with Gasteiger partial charge in [-0.3, -0.25) is 4.68 Å². The highest BCUT2D eigenvalue weighted by molar-refractivity contribution is 8.00. The molecule has 0 saturated carbocycles. The zero-order valence-corrected chi connectivity index (χ0v) is 15.3. The Balaban J connectivity index is 2.14. The molecule has 1 saturated heterocycles. The number of thioether (sulfide) groups is 1. The number of carbonyl (C=O) groups excluding carboxylic acids is 1. The molecular weight excluding hydrogens is 296 g/mol. The summed E-state index contributed by atoms with van der Waals surface area (Å²) in [6.07, 6.45) is 0.867. The molecule has 0 aromatic carbocycles. The van der Waals surface area contributed by atoms with Crippen LogP contribution in [0.3, 0.4) is 0 Å². The van der Waals surface area contributed by atoms with Gasteiger partial charge >= 0.3 is 6.03 Å². The van der Waals surface area contributed by atoms with Gasteiger partial charge in [0.05, 0.1) is 11.7 Å². The molecule has 0 radical (unpaired) electrons. The van der Waals surface area contributed by atoms with Crippen molar-refractivity contribution in [2.24, 2.45) is 7.05 Å². The summed E-state index contributed by atoms with van der Waals surface area (Å²) in [7, 11) is 1.95. The number of rotatable bonds is 3. The van der Waals surface area contributed by atoms with Gasteiger partial charge in [0.25, 0.3) is 0 Å². The molecule has 2 amide bonds. The third kappa shape index (κ3) is 3.26. The Morgan fingerprint density at radius 2 is 2.14 bits per heavy atom. The van der Waals surface area contributed by atoms with Gasteiger partial charge in [0.1, 0.15) is 0 Å². The van der Waals surface area contributed by atoms with Crippen molar-refractivity contribution in [3.8, 4) is 0 Å². The molecule has 5 nitrogen and oxygen atoms in total. The number of nitrogens with zero attached hydrogens (tertiary/aromatic N) is 3. The summed E-state index contributed by atoms with van der Waals surface area (Å²) in [6.45, 7) is 11.3. The molecule has 0 bridgehead atoms. The molecule has 1 N–H and O–H groups in total. The van der Waals surface area contributed by atoms with Crippen LogP contribution in [-0.4, -0.2) is 44.3 Å². The van der Waals surface area contributed by atoms with Crippen LogP contribution in [0.5, 0.6) is 0 Å². The Kier molecular flexibility index (Phi) is 5.42. The number of carbonyl (C=O) groups is 1. The van der Waals surface area contributed by atoms with Crippen LogP contribution in [0.2, 0.25) is 0 Å². The van der Waals surface area contributed by atoms with Crippen LogP contribution in [0.4, 0.5) is 4.79 Å². The summed E-state index contributed by atoms with van der Waals surface area (Å²) in [4.78, 5) is 14.7. The van der Waals surface area contributed by atoms with Crippen LogP contribution in [0, 0.1) is 13.8 Å². The van der Waals surface area contributed by atoms with Crippen molar-refractivity contribution in [1.82, 2.24) is 20.0 Å². The first kappa shape index (κ1) is 17.2. The maximum Gasteiger partial charge on any atom is 0.318 e. The lowest BCUT2D eigenvalue weighted by Crippen LogP contribution is -2.52. The molecule has 124 valence electrons. The first-order valence-corrected chi connectivity index (χ1v) is 9.10. The van der Waals surface area contributed by atoms with Crippen molar-refractivity contribution in [2.75, 3.05) is 12.3 Å². The van der Waals surface area contributed by atoms with Crippen LogP contribution in [0.1, 0.15) is 50.2 Å². The predicted octanol–water partition coefficient (Wildman–Crippen LogP) is 3.02. The summed E-state index contributed by atoms with van der Waals surface area (Å²) in [5.41, 5.74) is 3.29. The summed E-state index contributed by atoms with van der Waals surface area (Å²) < 4.78 is 1.89. The molecule has 22 heavy (non-hydrogen) atoms. The van der Waals surface area contributed by atoms with Gasteiger partial charge in [-0.15, -0.1) is 0 Å². The largest absolute Gasteiger partial charge is 0.331 e. The van der Waals surface area contributed by atoms with E-state index < -0.39 is 0 Å². The minimum atomic E-state index is 0.0262. The zero-order chi connectivity index (χ0) is 16.4. The molecule has 0 unspecified atom stereocenters. The van der Waals surface area contributed by atoms with Crippen LogP contribution in [0.25, 0.3) is 0 Å². The van der Waals surface area contributed by atoms with Gasteiger partial charge in [-0.25, -0.2) is 4.79 Å². The fraction of sp³-hybridized carbons (Fsp3) is 0.750. The van der Waals surface area contributed by atoms with E-state index in [4.69, 9.17) is 0 Å². The first-order chi connectivity index (χ1) is 10.4. The highest BCUT2D eigenvalue weighted by atomic mass is 32.2. The van der Waals surface area contributed by atoms with Crippen molar-refractivity contribution in [3.05, 3.63) is 17.0 Å². The summed E-state index contributed by atoms with van der Waals surface area (Å²) >= 11 is 1.94. The van der Waals surface area contributed by atoms with Crippen LogP contribution in [-0.2, 0) is 7.05 Å². The fourth-order valence-electron chi connectivity index (χ4n) is 3.12. The number of aryl methyl sites for hydroxylation is 2. The Hall–Kier alpha value is -1.17. The summed E-state index contributed by atoms with van der Waals surface area (Å²) in [6, 6.07) is 0.347. The molecule has 1 aromatic heterocycles. The maximum absolute atomic E-state index is 12.7. The molecule has 0 aliphatic carbocycles. The van der Waals surface area contributed by atoms with E-state index in [1.165, 1.54) is 0 Å². The van der Waals surface area contributed by atoms with Gasteiger partial charge in [-0.05, 0) is 27.2 Å². The quantitative estimate of drug-likeness (QED) is 0.930. The van der Waals surface area contributed by atoms with Gasteiger partial charge in [-0.1, -0.05) is 13.8 Å². The third-order valence-electron chi connectivity index (χ3n) is 4.76. The molecule has 1 aliphatic heterocycles. The number of hydrogen-bond acceptors (Lipinski definition) is 3. The number of nitrogens with one attached hydrogen (secondary N) is 1. The van der Waals surface area contributed by atoms with Crippen LogP contribution >= 0.6 is 11.8 Å². The van der Waals surface area contributed by atoms with E-state index in [2.05, 4.69) is 38.1 Å². The minimum Gasteiger partial charge on any atom is -0.331 e. The Bertz CT molecular complexity index is 542. The number of hydrogen-bond donors (Lipinski definition) is 1. The van der Waals surface area contributed by atoms with Crippen molar-refractivity contribution in [2.45, 2.75) is 58.4 Å². The lowest BCUT2D eigenvalue weighted by Gasteiger charge is -2.38. The van der Waals surface area contributed by atoms with Crippen LogP contribution < -0.4 is 5.32 Å². The van der Waals surface area contributed by atoms with E-state index in [9.17, 15) is 4.79 Å². The monoisotopic (exact) mass is 324 g/mol. The third-order valence-corrected chi connectivity index (χ3v) is 6.10. The molecule has 1 fully saturated rings. The first-order valence-electron chi connectivity index (χ1n) is 8.05. The molecule has 6 heteroatoms. The molecular formula is C16H28N4OS. The fourth-order valence-corrected chi connectivity index (χ4v) is 4.22. The predicted molar refractivity (Wildman–Crippen MR) is 92.3 cm³/mol. The summed E-state index contributed by atoms with van der Waals surface area (Å²) in [5.74, 6) is 1.01. The SMILES string of the molecule is CC[C@H](NC(=O)N1CCS[C@@H](C)[C@@H]1C)c1c(C)nn(C)c1C. The second-order valence-corrected chi connectivity index (χ2v) is 7.61. The van der Waals surface area contributed by atoms with E-state index in [1.807, 2.05) is 35.3 Å². The highest BCUT2D eigenvalue weighted by Crippen LogP contribution is 2.27. The highest BCUT2D eigenvalue weighted by Gasteiger charge is 2.30. The second kappa shape index (κ2) is 6.94. The maximum atomic E-state index is 12.7.